The van der Waals surface area contributed by atoms with Crippen molar-refractivity contribution < 1.29 is 9.47 Å². The van der Waals surface area contributed by atoms with Crippen LogP contribution in [0.5, 0.6) is 11.5 Å². The average Bonchev–Trinajstić information content (AvgIpc) is 2.29. The lowest BCUT2D eigenvalue weighted by atomic mass is 10.0. The molecule has 2 N–H and O–H groups in total. The highest BCUT2D eigenvalue weighted by Crippen LogP contribution is 2.30. The van der Waals surface area contributed by atoms with E-state index in [-0.39, 0.29) is 18.4 Å². The highest BCUT2D eigenvalue weighted by Gasteiger charge is 2.09. The van der Waals surface area contributed by atoms with E-state index in [1.807, 2.05) is 31.2 Å². The molecule has 1 aromatic carbocycles. The third-order valence-electron chi connectivity index (χ3n) is 2.34. The minimum atomic E-state index is -0.0392. The van der Waals surface area contributed by atoms with E-state index in [9.17, 15) is 0 Å². The molecule has 0 heterocycles. The summed E-state index contributed by atoms with van der Waals surface area (Å²) in [5, 5.41) is 0. The summed E-state index contributed by atoms with van der Waals surface area (Å²) in [6.07, 6.45) is 2.56. The Morgan fingerprint density at radius 2 is 2.12 bits per heavy atom. The molecule has 3 nitrogen and oxygen atoms in total. The van der Waals surface area contributed by atoms with E-state index in [1.54, 1.807) is 7.11 Å². The molecule has 1 rings (SSSR count). The van der Waals surface area contributed by atoms with Crippen molar-refractivity contribution in [2.24, 2.45) is 5.73 Å². The van der Waals surface area contributed by atoms with Crippen LogP contribution in [-0.2, 0) is 0 Å². The van der Waals surface area contributed by atoms with Gasteiger partial charge >= 0.3 is 0 Å². The van der Waals surface area contributed by atoms with Crippen molar-refractivity contribution in [2.75, 3.05) is 13.7 Å². The Balaban J connectivity index is 0.00000256. The predicted molar refractivity (Wildman–Crippen MR) is 73.2 cm³/mol. The molecule has 96 valence electrons. The second-order valence-corrected chi connectivity index (χ2v) is 3.47. The quantitative estimate of drug-likeness (QED) is 0.797. The largest absolute Gasteiger partial charge is 0.493 e. The van der Waals surface area contributed by atoms with Crippen molar-refractivity contribution in [3.8, 4) is 11.5 Å². The lowest BCUT2D eigenvalue weighted by molar-refractivity contribution is 0.310. The first-order valence-corrected chi connectivity index (χ1v) is 5.40. The number of rotatable bonds is 6. The standard InChI is InChI=1S/C13H19NO2.ClH/c1-4-6-11(14)10-7-8-12(15-3)13(9-10)16-5-2;/h4,7-9,11H,1,5-6,14H2,2-3H3;1H/t11-;/m1./s1. The van der Waals surface area contributed by atoms with Crippen molar-refractivity contribution in [3.05, 3.63) is 36.4 Å². The maximum absolute atomic E-state index is 5.99. The molecule has 0 aliphatic rings. The molecule has 0 radical (unpaired) electrons. The summed E-state index contributed by atoms with van der Waals surface area (Å²) in [6.45, 7) is 6.23. The Morgan fingerprint density at radius 1 is 1.41 bits per heavy atom. The van der Waals surface area contributed by atoms with Gasteiger partial charge in [0.05, 0.1) is 13.7 Å². The SMILES string of the molecule is C=CC[C@@H](N)c1ccc(OC)c(OCC)c1.Cl. The Labute approximate surface area is 109 Å². The Morgan fingerprint density at radius 3 is 2.65 bits per heavy atom. The fraction of sp³-hybridized carbons (Fsp3) is 0.385. The summed E-state index contributed by atoms with van der Waals surface area (Å²) in [5.74, 6) is 1.47. The first-order valence-electron chi connectivity index (χ1n) is 5.40. The van der Waals surface area contributed by atoms with Crippen molar-refractivity contribution in [2.45, 2.75) is 19.4 Å². The van der Waals surface area contributed by atoms with Gasteiger partial charge in [0, 0.05) is 6.04 Å². The van der Waals surface area contributed by atoms with E-state index in [4.69, 9.17) is 15.2 Å². The van der Waals surface area contributed by atoms with Gasteiger partial charge in [0.1, 0.15) is 0 Å². The van der Waals surface area contributed by atoms with E-state index in [0.29, 0.717) is 6.61 Å². The maximum Gasteiger partial charge on any atom is 0.161 e. The number of ether oxygens (including phenoxy) is 2. The summed E-state index contributed by atoms with van der Waals surface area (Å²) in [6, 6.07) is 5.72. The van der Waals surface area contributed by atoms with Crippen molar-refractivity contribution in [1.82, 2.24) is 0 Å². The number of nitrogens with two attached hydrogens (primary N) is 1. The molecular weight excluding hydrogens is 238 g/mol. The zero-order valence-corrected chi connectivity index (χ0v) is 11.1. The fourth-order valence-electron chi connectivity index (χ4n) is 1.51. The van der Waals surface area contributed by atoms with Gasteiger partial charge in [0.15, 0.2) is 11.5 Å². The van der Waals surface area contributed by atoms with Crippen LogP contribution in [0.25, 0.3) is 0 Å². The molecule has 0 bridgehead atoms. The molecular formula is C13H20ClNO2. The summed E-state index contributed by atoms with van der Waals surface area (Å²) in [4.78, 5) is 0. The monoisotopic (exact) mass is 257 g/mol. The molecule has 0 fully saturated rings. The molecule has 1 atom stereocenters. The Kier molecular flexibility index (Phi) is 7.42. The molecule has 0 aliphatic carbocycles. The molecule has 4 heteroatoms. The van der Waals surface area contributed by atoms with Gasteiger partial charge < -0.3 is 15.2 Å². The summed E-state index contributed by atoms with van der Waals surface area (Å²) in [7, 11) is 1.63. The maximum atomic E-state index is 5.99. The van der Waals surface area contributed by atoms with Crippen molar-refractivity contribution in [1.29, 1.82) is 0 Å². The van der Waals surface area contributed by atoms with Crippen LogP contribution >= 0.6 is 12.4 Å². The number of hydrogen-bond acceptors (Lipinski definition) is 3. The molecule has 0 saturated heterocycles. The van der Waals surface area contributed by atoms with Gasteiger partial charge in [-0.1, -0.05) is 12.1 Å². The van der Waals surface area contributed by atoms with Crippen LogP contribution in [0, 0.1) is 0 Å². The minimum absolute atomic E-state index is 0. The lowest BCUT2D eigenvalue weighted by Gasteiger charge is -2.14. The van der Waals surface area contributed by atoms with Crippen LogP contribution < -0.4 is 15.2 Å². The third kappa shape index (κ3) is 4.29. The van der Waals surface area contributed by atoms with Crippen LogP contribution in [0.3, 0.4) is 0 Å². The molecule has 0 saturated carbocycles. The summed E-state index contributed by atoms with van der Waals surface area (Å²) < 4.78 is 10.7. The topological polar surface area (TPSA) is 44.5 Å². The normalized spacial score (nSPS) is 11.2. The van der Waals surface area contributed by atoms with E-state index in [2.05, 4.69) is 6.58 Å². The molecule has 0 aromatic heterocycles. The van der Waals surface area contributed by atoms with Crippen molar-refractivity contribution in [3.63, 3.8) is 0 Å². The first kappa shape index (κ1) is 15.8. The second-order valence-electron chi connectivity index (χ2n) is 3.47. The van der Waals surface area contributed by atoms with Gasteiger partial charge in [-0.05, 0) is 31.0 Å². The first-order chi connectivity index (χ1) is 7.72. The molecule has 1 aromatic rings. The zero-order valence-electron chi connectivity index (χ0n) is 10.3. The van der Waals surface area contributed by atoms with E-state index in [0.717, 1.165) is 23.5 Å². The highest BCUT2D eigenvalue weighted by molar-refractivity contribution is 5.85. The summed E-state index contributed by atoms with van der Waals surface area (Å²) in [5.41, 5.74) is 7.03. The molecule has 0 amide bonds. The summed E-state index contributed by atoms with van der Waals surface area (Å²) >= 11 is 0. The predicted octanol–water partition coefficient (Wildman–Crippen LogP) is 3.09. The van der Waals surface area contributed by atoms with Crippen LogP contribution in [0.4, 0.5) is 0 Å². The molecule has 0 unspecified atom stereocenters. The second kappa shape index (κ2) is 7.98. The van der Waals surface area contributed by atoms with E-state index >= 15 is 0 Å². The lowest BCUT2D eigenvalue weighted by Crippen LogP contribution is -2.09. The average molecular weight is 258 g/mol. The number of benzene rings is 1. The van der Waals surface area contributed by atoms with Crippen LogP contribution in [0.1, 0.15) is 24.9 Å². The highest BCUT2D eigenvalue weighted by atomic mass is 35.5. The molecule has 0 spiro atoms. The number of methoxy groups -OCH3 is 1. The molecule has 17 heavy (non-hydrogen) atoms. The minimum Gasteiger partial charge on any atom is -0.493 e. The van der Waals surface area contributed by atoms with Gasteiger partial charge in [-0.25, -0.2) is 0 Å². The zero-order chi connectivity index (χ0) is 12.0. The van der Waals surface area contributed by atoms with Gasteiger partial charge in [0.2, 0.25) is 0 Å². The van der Waals surface area contributed by atoms with Gasteiger partial charge in [-0.15, -0.1) is 19.0 Å². The van der Waals surface area contributed by atoms with E-state index < -0.39 is 0 Å². The van der Waals surface area contributed by atoms with Crippen LogP contribution in [-0.4, -0.2) is 13.7 Å². The number of hydrogen-bond donors (Lipinski definition) is 1. The Hall–Kier alpha value is -1.19. The van der Waals surface area contributed by atoms with Gasteiger partial charge in [-0.2, -0.15) is 0 Å². The van der Waals surface area contributed by atoms with Gasteiger partial charge in [-0.3, -0.25) is 0 Å². The van der Waals surface area contributed by atoms with Crippen LogP contribution in [0.2, 0.25) is 0 Å². The molecule has 0 aliphatic heterocycles. The van der Waals surface area contributed by atoms with E-state index in [1.165, 1.54) is 0 Å². The fourth-order valence-corrected chi connectivity index (χ4v) is 1.51. The van der Waals surface area contributed by atoms with Crippen molar-refractivity contribution >= 4 is 12.4 Å². The Bertz CT molecular complexity index is 355. The smallest absolute Gasteiger partial charge is 0.161 e. The third-order valence-corrected chi connectivity index (χ3v) is 2.34. The van der Waals surface area contributed by atoms with Gasteiger partial charge in [0.25, 0.3) is 0 Å². The van der Waals surface area contributed by atoms with Crippen LogP contribution in [0.15, 0.2) is 30.9 Å². The number of halogens is 1.